The van der Waals surface area contributed by atoms with Gasteiger partial charge < -0.3 is 10.6 Å². The van der Waals surface area contributed by atoms with Crippen molar-refractivity contribution in [2.45, 2.75) is 26.2 Å². The summed E-state index contributed by atoms with van der Waals surface area (Å²) in [4.78, 5) is 48.7. The van der Waals surface area contributed by atoms with Crippen LogP contribution >= 0.6 is 0 Å². The van der Waals surface area contributed by atoms with Crippen LogP contribution in [0.25, 0.3) is 0 Å². The van der Waals surface area contributed by atoms with Crippen LogP contribution in [0, 0.1) is 5.92 Å². The third kappa shape index (κ3) is 2.78. The SMILES string of the molecule is CC(CC(N)=O)C(=O)ON1C(=O)CCC1=O. The molecule has 0 saturated carbocycles. The standard InChI is InChI=1S/C9H12N2O5/c1-5(4-6(10)12)9(15)16-11-7(13)2-3-8(11)14/h5H,2-4H2,1H3,(H2,10,12). The van der Waals surface area contributed by atoms with Crippen LogP contribution in [0.15, 0.2) is 0 Å². The number of hydrogen-bond acceptors (Lipinski definition) is 5. The molecule has 0 aromatic rings. The van der Waals surface area contributed by atoms with E-state index in [4.69, 9.17) is 5.73 Å². The van der Waals surface area contributed by atoms with E-state index in [0.29, 0.717) is 5.06 Å². The molecule has 0 radical (unpaired) electrons. The maximum atomic E-state index is 11.3. The molecule has 0 aromatic heterocycles. The number of carbonyl (C=O) groups is 4. The number of rotatable bonds is 4. The van der Waals surface area contributed by atoms with Crippen molar-refractivity contribution < 1.29 is 24.0 Å². The highest BCUT2D eigenvalue weighted by Crippen LogP contribution is 2.14. The number of nitrogens with zero attached hydrogens (tertiary/aromatic N) is 1. The first-order valence-corrected chi connectivity index (χ1v) is 4.77. The van der Waals surface area contributed by atoms with Crippen molar-refractivity contribution in [1.82, 2.24) is 5.06 Å². The van der Waals surface area contributed by atoms with Crippen LogP contribution in [-0.4, -0.2) is 28.8 Å². The van der Waals surface area contributed by atoms with Gasteiger partial charge in [0, 0.05) is 19.3 Å². The van der Waals surface area contributed by atoms with E-state index in [2.05, 4.69) is 4.84 Å². The van der Waals surface area contributed by atoms with Crippen molar-refractivity contribution in [3.63, 3.8) is 0 Å². The number of hydrogen-bond donors (Lipinski definition) is 1. The lowest BCUT2D eigenvalue weighted by molar-refractivity contribution is -0.200. The molecular weight excluding hydrogens is 216 g/mol. The summed E-state index contributed by atoms with van der Waals surface area (Å²) in [6.45, 7) is 1.43. The van der Waals surface area contributed by atoms with Crippen molar-refractivity contribution in [1.29, 1.82) is 0 Å². The molecule has 1 unspecified atom stereocenters. The molecule has 0 aliphatic carbocycles. The van der Waals surface area contributed by atoms with E-state index in [0.717, 1.165) is 0 Å². The van der Waals surface area contributed by atoms with Crippen LogP contribution in [0.4, 0.5) is 0 Å². The Kier molecular flexibility index (Phi) is 3.60. The lowest BCUT2D eigenvalue weighted by Crippen LogP contribution is -2.35. The van der Waals surface area contributed by atoms with E-state index in [1.807, 2.05) is 0 Å². The van der Waals surface area contributed by atoms with Gasteiger partial charge in [0.25, 0.3) is 11.8 Å². The zero-order chi connectivity index (χ0) is 12.3. The van der Waals surface area contributed by atoms with Gasteiger partial charge in [-0.15, -0.1) is 5.06 Å². The summed E-state index contributed by atoms with van der Waals surface area (Å²) >= 11 is 0. The number of carbonyl (C=O) groups excluding carboxylic acids is 4. The van der Waals surface area contributed by atoms with Gasteiger partial charge in [-0.3, -0.25) is 14.4 Å². The molecule has 1 heterocycles. The number of nitrogens with two attached hydrogens (primary N) is 1. The predicted octanol–water partition coefficient (Wildman–Crippen LogP) is -0.895. The Labute approximate surface area is 91.5 Å². The molecule has 7 nitrogen and oxygen atoms in total. The number of amides is 3. The Hall–Kier alpha value is -1.92. The van der Waals surface area contributed by atoms with E-state index in [1.165, 1.54) is 6.92 Å². The summed E-state index contributed by atoms with van der Waals surface area (Å²) in [5, 5.41) is 0.444. The smallest absolute Gasteiger partial charge is 0.336 e. The summed E-state index contributed by atoms with van der Waals surface area (Å²) < 4.78 is 0. The molecule has 1 aliphatic heterocycles. The fourth-order valence-corrected chi connectivity index (χ4v) is 1.22. The van der Waals surface area contributed by atoms with Crippen molar-refractivity contribution in [2.24, 2.45) is 11.7 Å². The lowest BCUT2D eigenvalue weighted by Gasteiger charge is -2.15. The molecule has 1 aliphatic rings. The topological polar surface area (TPSA) is 107 Å². The van der Waals surface area contributed by atoms with Crippen molar-refractivity contribution in [3.8, 4) is 0 Å². The van der Waals surface area contributed by atoms with Crippen molar-refractivity contribution in [3.05, 3.63) is 0 Å². The Morgan fingerprint density at radius 1 is 1.38 bits per heavy atom. The van der Waals surface area contributed by atoms with E-state index >= 15 is 0 Å². The zero-order valence-corrected chi connectivity index (χ0v) is 8.76. The van der Waals surface area contributed by atoms with Gasteiger partial charge in [0.15, 0.2) is 0 Å². The van der Waals surface area contributed by atoms with Gasteiger partial charge in [-0.25, -0.2) is 4.79 Å². The van der Waals surface area contributed by atoms with Gasteiger partial charge in [0.05, 0.1) is 5.92 Å². The van der Waals surface area contributed by atoms with Gasteiger partial charge in [0.2, 0.25) is 5.91 Å². The second-order valence-electron chi connectivity index (χ2n) is 3.56. The van der Waals surface area contributed by atoms with E-state index in [-0.39, 0.29) is 19.3 Å². The second-order valence-corrected chi connectivity index (χ2v) is 3.56. The summed E-state index contributed by atoms with van der Waals surface area (Å²) in [6, 6.07) is 0. The molecule has 0 spiro atoms. The highest BCUT2D eigenvalue weighted by molar-refractivity contribution is 6.01. The summed E-state index contributed by atoms with van der Waals surface area (Å²) in [5.74, 6) is -3.35. The van der Waals surface area contributed by atoms with Crippen LogP contribution in [0.2, 0.25) is 0 Å². The van der Waals surface area contributed by atoms with Gasteiger partial charge in [-0.1, -0.05) is 6.92 Å². The quantitative estimate of drug-likeness (QED) is 0.628. The Bertz CT molecular complexity index is 336. The molecule has 2 N–H and O–H groups in total. The Morgan fingerprint density at radius 2 is 1.88 bits per heavy atom. The van der Waals surface area contributed by atoms with Gasteiger partial charge >= 0.3 is 5.97 Å². The van der Waals surface area contributed by atoms with E-state index < -0.39 is 29.6 Å². The first kappa shape index (κ1) is 12.2. The minimum Gasteiger partial charge on any atom is -0.370 e. The van der Waals surface area contributed by atoms with Crippen LogP contribution < -0.4 is 5.73 Å². The first-order valence-electron chi connectivity index (χ1n) is 4.77. The third-order valence-electron chi connectivity index (χ3n) is 2.10. The predicted molar refractivity (Wildman–Crippen MR) is 50.2 cm³/mol. The summed E-state index contributed by atoms with van der Waals surface area (Å²) in [6.07, 6.45) is -0.109. The fraction of sp³-hybridized carbons (Fsp3) is 0.556. The molecule has 1 atom stereocenters. The Morgan fingerprint density at radius 3 is 2.31 bits per heavy atom. The minimum absolute atomic E-state index is 0.0380. The van der Waals surface area contributed by atoms with Crippen LogP contribution in [0.5, 0.6) is 0 Å². The molecule has 3 amide bonds. The summed E-state index contributed by atoms with van der Waals surface area (Å²) in [7, 11) is 0. The minimum atomic E-state index is -0.817. The second kappa shape index (κ2) is 4.73. The van der Waals surface area contributed by atoms with Gasteiger partial charge in [-0.05, 0) is 0 Å². The molecule has 1 fully saturated rings. The van der Waals surface area contributed by atoms with Crippen molar-refractivity contribution in [2.75, 3.05) is 0 Å². The monoisotopic (exact) mass is 228 g/mol. The molecule has 1 rings (SSSR count). The zero-order valence-electron chi connectivity index (χ0n) is 8.76. The highest BCUT2D eigenvalue weighted by Gasteiger charge is 2.34. The first-order chi connectivity index (χ1) is 7.41. The van der Waals surface area contributed by atoms with Gasteiger partial charge in [0.1, 0.15) is 0 Å². The molecule has 7 heteroatoms. The van der Waals surface area contributed by atoms with Gasteiger partial charge in [-0.2, -0.15) is 0 Å². The molecule has 0 aromatic carbocycles. The maximum absolute atomic E-state index is 11.3. The fourth-order valence-electron chi connectivity index (χ4n) is 1.22. The average molecular weight is 228 g/mol. The maximum Gasteiger partial charge on any atom is 0.336 e. The summed E-state index contributed by atoms with van der Waals surface area (Å²) in [5.41, 5.74) is 4.90. The molecule has 16 heavy (non-hydrogen) atoms. The molecule has 0 bridgehead atoms. The lowest BCUT2D eigenvalue weighted by atomic mass is 10.1. The largest absolute Gasteiger partial charge is 0.370 e. The molecule has 1 saturated heterocycles. The van der Waals surface area contributed by atoms with E-state index in [9.17, 15) is 19.2 Å². The van der Waals surface area contributed by atoms with Crippen LogP contribution in [0.1, 0.15) is 26.2 Å². The number of primary amides is 1. The Balaban J connectivity index is 2.53. The molecule has 88 valence electrons. The molecular formula is C9H12N2O5. The third-order valence-corrected chi connectivity index (χ3v) is 2.10. The highest BCUT2D eigenvalue weighted by atomic mass is 16.7. The van der Waals surface area contributed by atoms with Crippen molar-refractivity contribution >= 4 is 23.7 Å². The number of hydroxylamine groups is 2. The van der Waals surface area contributed by atoms with Crippen LogP contribution in [0.3, 0.4) is 0 Å². The average Bonchev–Trinajstić information content (AvgIpc) is 2.48. The van der Waals surface area contributed by atoms with E-state index in [1.54, 1.807) is 0 Å². The normalized spacial score (nSPS) is 17.4. The number of imide groups is 1. The van der Waals surface area contributed by atoms with Crippen LogP contribution in [-0.2, 0) is 24.0 Å².